The first-order valence-corrected chi connectivity index (χ1v) is 9.60. The number of ether oxygens (including phenoxy) is 1. The third-order valence-electron chi connectivity index (χ3n) is 5.93. The van der Waals surface area contributed by atoms with Crippen LogP contribution in [0.15, 0.2) is 9.59 Å². The van der Waals surface area contributed by atoms with Crippen LogP contribution in [-0.4, -0.2) is 47.1 Å². The highest BCUT2D eigenvalue weighted by Gasteiger charge is 2.46. The number of aliphatic hydroxyl groups excluding tert-OH is 1. The van der Waals surface area contributed by atoms with Gasteiger partial charge in [0, 0.05) is 30.6 Å². The average molecular weight is 431 g/mol. The molecule has 2 heterocycles. The smallest absolute Gasteiger partial charge is 0.414 e. The third-order valence-corrected chi connectivity index (χ3v) is 5.93. The van der Waals surface area contributed by atoms with Gasteiger partial charge in [-0.25, -0.2) is 9.18 Å². The largest absolute Gasteiger partial charge is 0.492 e. The van der Waals surface area contributed by atoms with Crippen molar-refractivity contribution in [3.8, 4) is 5.75 Å². The Morgan fingerprint density at radius 1 is 1.23 bits per heavy atom. The van der Waals surface area contributed by atoms with Crippen molar-refractivity contribution in [2.75, 3.05) is 25.1 Å². The van der Waals surface area contributed by atoms with Crippen molar-refractivity contribution in [3.63, 3.8) is 0 Å². The number of hydrogen-bond donors (Lipinski definition) is 2. The van der Waals surface area contributed by atoms with Gasteiger partial charge in [0.2, 0.25) is 0 Å². The normalized spacial score (nSPS) is 20.8. The number of nitrogens with one attached hydrogen (secondary N) is 1. The molecule has 0 amide bonds. The quantitative estimate of drug-likeness (QED) is 0.725. The zero-order valence-corrected chi connectivity index (χ0v) is 16.3. The van der Waals surface area contributed by atoms with E-state index in [1.54, 1.807) is 0 Å². The number of anilines is 1. The molecule has 1 aliphatic heterocycles. The number of benzene rings is 1. The van der Waals surface area contributed by atoms with Crippen LogP contribution in [0.1, 0.15) is 30.9 Å². The predicted octanol–water partition coefficient (Wildman–Crippen LogP) is 2.23. The summed E-state index contributed by atoms with van der Waals surface area (Å²) >= 11 is 0. The summed E-state index contributed by atoms with van der Waals surface area (Å²) in [4.78, 5) is 28.5. The number of halogens is 4. The van der Waals surface area contributed by atoms with Crippen molar-refractivity contribution in [2.24, 2.45) is 5.92 Å². The highest BCUT2D eigenvalue weighted by Crippen LogP contribution is 2.45. The van der Waals surface area contributed by atoms with Crippen LogP contribution in [0.4, 0.5) is 23.2 Å². The molecule has 2 aromatic rings. The van der Waals surface area contributed by atoms with E-state index in [1.165, 1.54) is 23.5 Å². The molecule has 2 unspecified atom stereocenters. The molecule has 1 aromatic carbocycles. The van der Waals surface area contributed by atoms with Crippen molar-refractivity contribution in [1.82, 2.24) is 9.55 Å². The molecule has 11 heteroatoms. The molecule has 1 saturated carbocycles. The van der Waals surface area contributed by atoms with Crippen LogP contribution < -0.4 is 20.9 Å². The molecule has 2 N–H and O–H groups in total. The van der Waals surface area contributed by atoms with Crippen LogP contribution >= 0.6 is 0 Å². The van der Waals surface area contributed by atoms with Gasteiger partial charge in [0.25, 0.3) is 5.56 Å². The van der Waals surface area contributed by atoms with Crippen LogP contribution in [0.5, 0.6) is 5.75 Å². The van der Waals surface area contributed by atoms with E-state index in [4.69, 9.17) is 4.74 Å². The molecule has 7 nitrogen and oxygen atoms in total. The summed E-state index contributed by atoms with van der Waals surface area (Å²) in [6.45, 7) is 1.21. The molecule has 0 bridgehead atoms. The lowest BCUT2D eigenvalue weighted by Gasteiger charge is -2.26. The molecule has 0 radical (unpaired) electrons. The Hall–Kier alpha value is -2.56. The number of rotatable bonds is 4. The maximum atomic E-state index is 15.4. The number of aliphatic hydroxyl groups is 1. The average Bonchev–Trinajstić information content (AvgIpc) is 3.38. The number of aryl methyl sites for hydroxylation is 1. The Morgan fingerprint density at radius 2 is 1.90 bits per heavy atom. The summed E-state index contributed by atoms with van der Waals surface area (Å²) < 4.78 is 60.9. The Balaban J connectivity index is 1.92. The van der Waals surface area contributed by atoms with E-state index >= 15 is 4.39 Å². The summed E-state index contributed by atoms with van der Waals surface area (Å²) in [6, 6.07) is -0.165. The van der Waals surface area contributed by atoms with E-state index in [0.29, 0.717) is 12.8 Å². The van der Waals surface area contributed by atoms with Crippen LogP contribution in [0.25, 0.3) is 10.9 Å². The van der Waals surface area contributed by atoms with Gasteiger partial charge in [-0.3, -0.25) is 14.3 Å². The van der Waals surface area contributed by atoms with Gasteiger partial charge in [-0.15, -0.1) is 0 Å². The van der Waals surface area contributed by atoms with Crippen LogP contribution in [0.2, 0.25) is 0 Å². The molecule has 1 aliphatic carbocycles. The van der Waals surface area contributed by atoms with Gasteiger partial charge < -0.3 is 14.7 Å². The first-order valence-electron chi connectivity index (χ1n) is 9.60. The van der Waals surface area contributed by atoms with Crippen molar-refractivity contribution in [1.29, 1.82) is 0 Å². The summed E-state index contributed by atoms with van der Waals surface area (Å²) in [5.74, 6) is -1.99. The molecule has 2 fully saturated rings. The Kier molecular flexibility index (Phi) is 4.83. The van der Waals surface area contributed by atoms with Crippen LogP contribution in [-0.2, 0) is 0 Å². The van der Waals surface area contributed by atoms with E-state index in [1.807, 2.05) is 0 Å². The first kappa shape index (κ1) is 20.7. The highest BCUT2D eigenvalue weighted by atomic mass is 19.4. The van der Waals surface area contributed by atoms with Gasteiger partial charge in [0.1, 0.15) is 11.2 Å². The Labute approximate surface area is 167 Å². The number of fused-ring (bicyclic) bond motifs is 1. The number of hydrogen-bond acceptors (Lipinski definition) is 5. The zero-order valence-electron chi connectivity index (χ0n) is 16.3. The number of alkyl halides is 3. The number of methoxy groups -OCH3 is 1. The predicted molar refractivity (Wildman–Crippen MR) is 101 cm³/mol. The zero-order chi connectivity index (χ0) is 22.0. The second-order valence-corrected chi connectivity index (χ2v) is 7.89. The Bertz CT molecular complexity index is 1120. The number of aromatic nitrogens is 2. The maximum Gasteiger partial charge on any atom is 0.414 e. The summed E-state index contributed by atoms with van der Waals surface area (Å²) in [5.41, 5.74) is -1.37. The molecular weight excluding hydrogens is 410 g/mol. The van der Waals surface area contributed by atoms with Crippen molar-refractivity contribution in [3.05, 3.63) is 32.2 Å². The molecule has 30 heavy (non-hydrogen) atoms. The minimum absolute atomic E-state index is 0.00512. The second kappa shape index (κ2) is 7.00. The van der Waals surface area contributed by atoms with E-state index in [-0.39, 0.29) is 53.5 Å². The van der Waals surface area contributed by atoms with Gasteiger partial charge in [-0.1, -0.05) is 0 Å². The monoisotopic (exact) mass is 431 g/mol. The van der Waals surface area contributed by atoms with Crippen molar-refractivity contribution < 1.29 is 27.4 Å². The van der Waals surface area contributed by atoms with E-state index in [9.17, 15) is 27.9 Å². The van der Waals surface area contributed by atoms with Gasteiger partial charge in [-0.05, 0) is 26.2 Å². The van der Waals surface area contributed by atoms with Crippen LogP contribution in [0, 0.1) is 18.7 Å². The van der Waals surface area contributed by atoms with Crippen molar-refractivity contribution >= 4 is 16.6 Å². The van der Waals surface area contributed by atoms with E-state index in [2.05, 4.69) is 4.98 Å². The molecule has 1 aromatic heterocycles. The lowest BCUT2D eigenvalue weighted by Crippen LogP contribution is -2.37. The maximum absolute atomic E-state index is 15.4. The summed E-state index contributed by atoms with van der Waals surface area (Å²) in [5, 5.41) is 9.58. The molecule has 4 rings (SSSR count). The van der Waals surface area contributed by atoms with Gasteiger partial charge in [0.05, 0.1) is 12.5 Å². The van der Waals surface area contributed by atoms with Gasteiger partial charge in [0.15, 0.2) is 17.7 Å². The minimum Gasteiger partial charge on any atom is -0.492 e. The fourth-order valence-corrected chi connectivity index (χ4v) is 4.29. The third kappa shape index (κ3) is 3.15. The minimum atomic E-state index is -4.78. The Morgan fingerprint density at radius 3 is 2.47 bits per heavy atom. The molecular formula is C19H21F4N3O4. The first-order chi connectivity index (χ1) is 14.1. The van der Waals surface area contributed by atoms with E-state index < -0.39 is 35.3 Å². The van der Waals surface area contributed by atoms with Crippen LogP contribution in [0.3, 0.4) is 0 Å². The lowest BCUT2D eigenvalue weighted by atomic mass is 10.0. The molecule has 2 atom stereocenters. The molecule has 0 spiro atoms. The van der Waals surface area contributed by atoms with Gasteiger partial charge >= 0.3 is 11.9 Å². The molecule has 1 saturated heterocycles. The fourth-order valence-electron chi connectivity index (χ4n) is 4.29. The number of H-pyrrole nitrogens is 1. The topological polar surface area (TPSA) is 87.6 Å². The summed E-state index contributed by atoms with van der Waals surface area (Å²) in [7, 11) is 1.26. The standard InChI is InChI=1S/C19H21F4N3O4/c1-8-11-13(26(10-3-4-10)18(29)24-17(11)28)15(30-2)14(12(8)20)25-6-5-9(7-25)16(27)19(21,22)23/h9-10,16,27H,3-7H2,1-2H3,(H,24,28,29). The second-order valence-electron chi connectivity index (χ2n) is 7.89. The molecule has 2 aliphatic rings. The number of aromatic amines is 1. The lowest BCUT2D eigenvalue weighted by molar-refractivity contribution is -0.217. The fraction of sp³-hybridized carbons (Fsp3) is 0.579. The SMILES string of the molecule is COc1c(N2CCC(C(O)C(F)(F)F)C2)c(F)c(C)c2c(=O)[nH]c(=O)n(C3CC3)c12. The highest BCUT2D eigenvalue weighted by molar-refractivity contribution is 5.93. The summed E-state index contributed by atoms with van der Waals surface area (Å²) in [6.07, 6.45) is -5.88. The van der Waals surface area contributed by atoms with E-state index in [0.717, 1.165) is 0 Å². The van der Waals surface area contributed by atoms with Crippen molar-refractivity contribution in [2.45, 2.75) is 44.5 Å². The number of nitrogens with zero attached hydrogens (tertiary/aromatic N) is 2. The van der Waals surface area contributed by atoms with Gasteiger partial charge in [-0.2, -0.15) is 13.2 Å². The molecule has 164 valence electrons.